The fourth-order valence-electron chi connectivity index (χ4n) is 2.84. The molecule has 0 aliphatic rings. The summed E-state index contributed by atoms with van der Waals surface area (Å²) >= 11 is 1.36. The van der Waals surface area contributed by atoms with Gasteiger partial charge in [-0.05, 0) is 24.5 Å². The van der Waals surface area contributed by atoms with Gasteiger partial charge in [-0.15, -0.1) is 11.3 Å². The third-order valence-corrected chi connectivity index (χ3v) is 5.35. The van der Waals surface area contributed by atoms with Crippen LogP contribution in [0.3, 0.4) is 0 Å². The first-order chi connectivity index (χ1) is 12.8. The van der Waals surface area contributed by atoms with E-state index in [-0.39, 0.29) is 11.0 Å². The van der Waals surface area contributed by atoms with Crippen LogP contribution in [0.5, 0.6) is 0 Å². The molecule has 4 aromatic rings. The molecule has 7 heteroatoms. The van der Waals surface area contributed by atoms with Crippen LogP contribution in [0.25, 0.3) is 26.1 Å². The highest BCUT2D eigenvalue weighted by Gasteiger charge is 2.18. The summed E-state index contributed by atoms with van der Waals surface area (Å²) in [5, 5.41) is 4.20. The van der Waals surface area contributed by atoms with Crippen LogP contribution in [0, 0.1) is 12.3 Å². The minimum atomic E-state index is -0.0892. The number of thiophene rings is 1. The van der Waals surface area contributed by atoms with Crippen molar-refractivity contribution in [3.63, 3.8) is 0 Å². The Bertz CT molecular complexity index is 1190. The zero-order chi connectivity index (χ0) is 19.2. The number of rotatable bonds is 3. The van der Waals surface area contributed by atoms with Crippen molar-refractivity contribution in [2.24, 2.45) is 5.41 Å². The molecule has 0 unspecified atom stereocenters. The van der Waals surface area contributed by atoms with E-state index in [1.165, 1.54) is 17.7 Å². The molecule has 0 saturated heterocycles. The van der Waals surface area contributed by atoms with Crippen molar-refractivity contribution in [1.82, 2.24) is 19.5 Å². The second-order valence-electron chi connectivity index (χ2n) is 7.85. The molecular weight excluding hydrogens is 358 g/mol. The molecule has 0 spiro atoms. The van der Waals surface area contributed by atoms with Crippen LogP contribution < -0.4 is 10.9 Å². The Kier molecular flexibility index (Phi) is 4.19. The van der Waals surface area contributed by atoms with Crippen LogP contribution in [0.4, 0.5) is 5.82 Å². The lowest BCUT2D eigenvalue weighted by Gasteiger charge is -2.19. The van der Waals surface area contributed by atoms with Crippen LogP contribution in [0.1, 0.15) is 26.3 Å². The highest BCUT2D eigenvalue weighted by atomic mass is 32.1. The number of anilines is 1. The molecule has 4 rings (SSSR count). The SMILES string of the molecule is Cc1ccc(-n2cnc3c(sc4ncnc(NCC(C)(C)C)c43)c2=O)cc1. The lowest BCUT2D eigenvalue weighted by molar-refractivity contribution is 0.442. The Balaban J connectivity index is 1.88. The molecule has 1 aromatic carbocycles. The molecular formula is C20H21N5OS. The quantitative estimate of drug-likeness (QED) is 0.579. The molecule has 0 saturated carbocycles. The third kappa shape index (κ3) is 3.30. The number of aromatic nitrogens is 4. The molecule has 1 N–H and O–H groups in total. The number of nitrogens with one attached hydrogen (secondary N) is 1. The van der Waals surface area contributed by atoms with Crippen molar-refractivity contribution in [2.45, 2.75) is 27.7 Å². The van der Waals surface area contributed by atoms with Crippen molar-refractivity contribution < 1.29 is 0 Å². The van der Waals surface area contributed by atoms with E-state index in [2.05, 4.69) is 41.0 Å². The van der Waals surface area contributed by atoms with Gasteiger partial charge in [0.2, 0.25) is 0 Å². The van der Waals surface area contributed by atoms with Crippen molar-refractivity contribution >= 4 is 37.6 Å². The van der Waals surface area contributed by atoms with Gasteiger partial charge < -0.3 is 5.32 Å². The fraction of sp³-hybridized carbons (Fsp3) is 0.300. The summed E-state index contributed by atoms with van der Waals surface area (Å²) in [7, 11) is 0. The molecule has 0 atom stereocenters. The maximum Gasteiger partial charge on any atom is 0.275 e. The molecule has 138 valence electrons. The molecule has 0 amide bonds. The minimum absolute atomic E-state index is 0.0892. The van der Waals surface area contributed by atoms with Crippen LogP contribution in [-0.2, 0) is 0 Å². The summed E-state index contributed by atoms with van der Waals surface area (Å²) in [6.45, 7) is 9.25. The Morgan fingerprint density at radius 2 is 1.85 bits per heavy atom. The van der Waals surface area contributed by atoms with E-state index in [4.69, 9.17) is 0 Å². The van der Waals surface area contributed by atoms with Gasteiger partial charge in [-0.3, -0.25) is 9.36 Å². The van der Waals surface area contributed by atoms with Gasteiger partial charge in [0.25, 0.3) is 5.56 Å². The van der Waals surface area contributed by atoms with E-state index in [9.17, 15) is 4.79 Å². The number of benzene rings is 1. The fourth-order valence-corrected chi connectivity index (χ4v) is 3.86. The number of aryl methyl sites for hydroxylation is 1. The Morgan fingerprint density at radius 3 is 2.56 bits per heavy atom. The predicted molar refractivity (Wildman–Crippen MR) is 111 cm³/mol. The average molecular weight is 379 g/mol. The lowest BCUT2D eigenvalue weighted by atomic mass is 9.97. The molecule has 0 aliphatic heterocycles. The first-order valence-corrected chi connectivity index (χ1v) is 9.61. The number of hydrogen-bond acceptors (Lipinski definition) is 6. The number of fused-ring (bicyclic) bond motifs is 3. The topological polar surface area (TPSA) is 72.7 Å². The molecule has 0 bridgehead atoms. The minimum Gasteiger partial charge on any atom is -0.369 e. The maximum absolute atomic E-state index is 13.1. The Hall–Kier alpha value is -2.80. The van der Waals surface area contributed by atoms with Gasteiger partial charge >= 0.3 is 0 Å². The van der Waals surface area contributed by atoms with Crippen LogP contribution >= 0.6 is 11.3 Å². The van der Waals surface area contributed by atoms with E-state index in [0.717, 1.165) is 33.8 Å². The summed E-state index contributed by atoms with van der Waals surface area (Å²) in [6.07, 6.45) is 3.11. The second kappa shape index (κ2) is 6.42. The van der Waals surface area contributed by atoms with Gasteiger partial charge in [0, 0.05) is 6.54 Å². The van der Waals surface area contributed by atoms with E-state index >= 15 is 0 Å². The molecule has 0 radical (unpaired) electrons. The van der Waals surface area contributed by atoms with Gasteiger partial charge in [0.1, 0.15) is 33.5 Å². The largest absolute Gasteiger partial charge is 0.369 e. The zero-order valence-electron chi connectivity index (χ0n) is 15.8. The molecule has 0 fully saturated rings. The van der Waals surface area contributed by atoms with E-state index < -0.39 is 0 Å². The molecule has 3 aromatic heterocycles. The molecule has 6 nitrogen and oxygen atoms in total. The first kappa shape index (κ1) is 17.6. The summed E-state index contributed by atoms with van der Waals surface area (Å²) < 4.78 is 2.17. The third-order valence-electron chi connectivity index (χ3n) is 4.28. The standard InChI is InChI=1S/C20H21N5OS/c1-12-5-7-13(8-6-12)25-11-24-15-14-17(21-9-20(2,3)4)22-10-23-18(14)27-16(15)19(25)26/h5-8,10-11H,9H2,1-4H3,(H,21,22,23). The van der Waals surface area contributed by atoms with Crippen molar-refractivity contribution in [3.8, 4) is 5.69 Å². The highest BCUT2D eigenvalue weighted by molar-refractivity contribution is 7.25. The van der Waals surface area contributed by atoms with Gasteiger partial charge in [-0.2, -0.15) is 0 Å². The zero-order valence-corrected chi connectivity index (χ0v) is 16.6. The Labute approximate surface area is 160 Å². The van der Waals surface area contributed by atoms with Crippen LogP contribution in [0.15, 0.2) is 41.7 Å². The lowest BCUT2D eigenvalue weighted by Crippen LogP contribution is -2.20. The summed E-state index contributed by atoms with van der Waals surface area (Å²) in [6, 6.07) is 7.81. The van der Waals surface area contributed by atoms with Crippen molar-refractivity contribution in [1.29, 1.82) is 0 Å². The van der Waals surface area contributed by atoms with Crippen LogP contribution in [0.2, 0.25) is 0 Å². The monoisotopic (exact) mass is 379 g/mol. The smallest absolute Gasteiger partial charge is 0.275 e. The van der Waals surface area contributed by atoms with Crippen LogP contribution in [-0.4, -0.2) is 26.1 Å². The van der Waals surface area contributed by atoms with Gasteiger partial charge in [0.15, 0.2) is 0 Å². The highest BCUT2D eigenvalue weighted by Crippen LogP contribution is 2.33. The predicted octanol–water partition coefficient (Wildman–Crippen LogP) is 4.16. The number of hydrogen-bond donors (Lipinski definition) is 1. The summed E-state index contributed by atoms with van der Waals surface area (Å²) in [5.74, 6) is 0.723. The van der Waals surface area contributed by atoms with Gasteiger partial charge in [0.05, 0.1) is 11.1 Å². The van der Waals surface area contributed by atoms with E-state index in [1.807, 2.05) is 31.2 Å². The summed E-state index contributed by atoms with van der Waals surface area (Å²) in [5.41, 5.74) is 2.62. The Morgan fingerprint density at radius 1 is 1.11 bits per heavy atom. The van der Waals surface area contributed by atoms with Crippen molar-refractivity contribution in [3.05, 3.63) is 52.8 Å². The molecule has 27 heavy (non-hydrogen) atoms. The summed E-state index contributed by atoms with van der Waals surface area (Å²) in [4.78, 5) is 27.2. The molecule has 0 aliphatic carbocycles. The van der Waals surface area contributed by atoms with Gasteiger partial charge in [-0.25, -0.2) is 15.0 Å². The normalized spacial score (nSPS) is 12.0. The average Bonchev–Trinajstić information content (AvgIpc) is 3.01. The van der Waals surface area contributed by atoms with E-state index in [1.54, 1.807) is 10.9 Å². The maximum atomic E-state index is 13.1. The van der Waals surface area contributed by atoms with Gasteiger partial charge in [-0.1, -0.05) is 38.5 Å². The first-order valence-electron chi connectivity index (χ1n) is 8.79. The molecule has 3 heterocycles. The van der Waals surface area contributed by atoms with Crippen molar-refractivity contribution in [2.75, 3.05) is 11.9 Å². The second-order valence-corrected chi connectivity index (χ2v) is 8.85. The number of nitrogens with zero attached hydrogens (tertiary/aromatic N) is 4. The van der Waals surface area contributed by atoms with E-state index in [0.29, 0.717) is 10.2 Å².